The van der Waals surface area contributed by atoms with Crippen molar-refractivity contribution in [3.63, 3.8) is 0 Å². The number of nitrogens with one attached hydrogen (secondary N) is 1. The predicted molar refractivity (Wildman–Crippen MR) is 77.7 cm³/mol. The van der Waals surface area contributed by atoms with Crippen molar-refractivity contribution in [3.8, 4) is 0 Å². The Bertz CT molecular complexity index is 480. The Balaban J connectivity index is 2.16. The minimum atomic E-state index is -0.424. The standard InChI is InChI=1S/C15H20N2O3/c1-11(2)15(19)20-9-3-4-14(18)17-10-12-5-7-13(16)8-6-12/h5-8H,1,3-4,9-10,16H2,2H3,(H,17,18). The lowest BCUT2D eigenvalue weighted by molar-refractivity contribution is -0.139. The molecule has 0 fully saturated rings. The number of esters is 1. The third kappa shape index (κ3) is 6.04. The van der Waals surface area contributed by atoms with Gasteiger partial charge in [0.2, 0.25) is 5.91 Å². The highest BCUT2D eigenvalue weighted by atomic mass is 16.5. The van der Waals surface area contributed by atoms with Gasteiger partial charge in [0.25, 0.3) is 0 Å². The molecule has 5 heteroatoms. The Labute approximate surface area is 118 Å². The highest BCUT2D eigenvalue weighted by Crippen LogP contribution is 2.05. The van der Waals surface area contributed by atoms with E-state index in [4.69, 9.17) is 10.5 Å². The SMILES string of the molecule is C=C(C)C(=O)OCCCC(=O)NCc1ccc(N)cc1. The summed E-state index contributed by atoms with van der Waals surface area (Å²) in [5.41, 5.74) is 7.61. The average Bonchev–Trinajstić information content (AvgIpc) is 2.42. The molecule has 0 aliphatic rings. The number of ether oxygens (including phenoxy) is 1. The number of hydrogen-bond acceptors (Lipinski definition) is 4. The molecule has 0 aliphatic carbocycles. The molecular formula is C15H20N2O3. The van der Waals surface area contributed by atoms with Gasteiger partial charge in [-0.1, -0.05) is 18.7 Å². The Hall–Kier alpha value is -2.30. The highest BCUT2D eigenvalue weighted by molar-refractivity contribution is 5.86. The van der Waals surface area contributed by atoms with Gasteiger partial charge in [-0.3, -0.25) is 4.79 Å². The molecule has 0 aliphatic heterocycles. The van der Waals surface area contributed by atoms with Gasteiger partial charge in [-0.15, -0.1) is 0 Å². The number of anilines is 1. The van der Waals surface area contributed by atoms with Crippen LogP contribution in [0.5, 0.6) is 0 Å². The monoisotopic (exact) mass is 276 g/mol. The summed E-state index contributed by atoms with van der Waals surface area (Å²) in [5.74, 6) is -0.500. The van der Waals surface area contributed by atoms with Gasteiger partial charge in [0.15, 0.2) is 0 Å². The first kappa shape index (κ1) is 15.8. The van der Waals surface area contributed by atoms with E-state index >= 15 is 0 Å². The van der Waals surface area contributed by atoms with Gasteiger partial charge < -0.3 is 15.8 Å². The van der Waals surface area contributed by atoms with Crippen molar-refractivity contribution in [3.05, 3.63) is 42.0 Å². The topological polar surface area (TPSA) is 81.4 Å². The van der Waals surface area contributed by atoms with Crippen LogP contribution in [-0.4, -0.2) is 18.5 Å². The van der Waals surface area contributed by atoms with Crippen molar-refractivity contribution in [1.29, 1.82) is 0 Å². The predicted octanol–water partition coefficient (Wildman–Crippen LogP) is 1.78. The van der Waals surface area contributed by atoms with Gasteiger partial charge >= 0.3 is 5.97 Å². The van der Waals surface area contributed by atoms with Crippen LogP contribution in [0.4, 0.5) is 5.69 Å². The first-order valence-corrected chi connectivity index (χ1v) is 6.43. The summed E-state index contributed by atoms with van der Waals surface area (Å²) in [6, 6.07) is 7.31. The second-order valence-corrected chi connectivity index (χ2v) is 4.54. The molecule has 0 unspecified atom stereocenters. The third-order valence-corrected chi connectivity index (χ3v) is 2.60. The van der Waals surface area contributed by atoms with Crippen LogP contribution in [0.25, 0.3) is 0 Å². The third-order valence-electron chi connectivity index (χ3n) is 2.60. The molecule has 1 aromatic carbocycles. The molecule has 0 saturated carbocycles. The van der Waals surface area contributed by atoms with E-state index < -0.39 is 5.97 Å². The summed E-state index contributed by atoms with van der Waals surface area (Å²) >= 11 is 0. The Morgan fingerprint density at radius 2 is 1.95 bits per heavy atom. The van der Waals surface area contributed by atoms with E-state index in [0.29, 0.717) is 30.6 Å². The van der Waals surface area contributed by atoms with Gasteiger partial charge in [0, 0.05) is 24.2 Å². The molecule has 5 nitrogen and oxygen atoms in total. The molecule has 1 aromatic rings. The molecule has 0 radical (unpaired) electrons. The van der Waals surface area contributed by atoms with Crippen LogP contribution < -0.4 is 11.1 Å². The highest BCUT2D eigenvalue weighted by Gasteiger charge is 2.05. The normalized spacial score (nSPS) is 9.85. The molecule has 0 heterocycles. The lowest BCUT2D eigenvalue weighted by Crippen LogP contribution is -2.23. The minimum absolute atomic E-state index is 0.0757. The number of amides is 1. The molecule has 3 N–H and O–H groups in total. The minimum Gasteiger partial charge on any atom is -0.462 e. The van der Waals surface area contributed by atoms with E-state index in [0.717, 1.165) is 5.56 Å². The zero-order valence-corrected chi connectivity index (χ0v) is 11.6. The number of benzene rings is 1. The first-order chi connectivity index (χ1) is 9.49. The fourth-order valence-corrected chi connectivity index (χ4v) is 1.45. The molecule has 20 heavy (non-hydrogen) atoms. The summed E-state index contributed by atoms with van der Waals surface area (Å²) in [6.45, 7) is 5.75. The van der Waals surface area contributed by atoms with Gasteiger partial charge in [0.1, 0.15) is 0 Å². The van der Waals surface area contributed by atoms with Crippen molar-refractivity contribution in [2.75, 3.05) is 12.3 Å². The molecular weight excluding hydrogens is 256 g/mol. The van der Waals surface area contributed by atoms with E-state index in [1.54, 1.807) is 19.1 Å². The summed E-state index contributed by atoms with van der Waals surface area (Å²) in [4.78, 5) is 22.7. The molecule has 0 spiro atoms. The van der Waals surface area contributed by atoms with Gasteiger partial charge in [-0.05, 0) is 31.0 Å². The number of carbonyl (C=O) groups excluding carboxylic acids is 2. The lowest BCUT2D eigenvalue weighted by Gasteiger charge is -2.06. The summed E-state index contributed by atoms with van der Waals surface area (Å²) < 4.78 is 4.90. The van der Waals surface area contributed by atoms with Crippen LogP contribution in [0.2, 0.25) is 0 Å². The van der Waals surface area contributed by atoms with E-state index in [9.17, 15) is 9.59 Å². The molecule has 0 bridgehead atoms. The largest absolute Gasteiger partial charge is 0.462 e. The summed E-state index contributed by atoms with van der Waals surface area (Å²) in [7, 11) is 0. The van der Waals surface area contributed by atoms with E-state index in [1.807, 2.05) is 12.1 Å². The number of hydrogen-bond donors (Lipinski definition) is 2. The first-order valence-electron chi connectivity index (χ1n) is 6.43. The lowest BCUT2D eigenvalue weighted by atomic mass is 10.2. The van der Waals surface area contributed by atoms with E-state index in [-0.39, 0.29) is 12.5 Å². The van der Waals surface area contributed by atoms with Gasteiger partial charge in [-0.2, -0.15) is 0 Å². The molecule has 1 rings (SSSR count). The van der Waals surface area contributed by atoms with Crippen LogP contribution in [-0.2, 0) is 20.9 Å². The number of rotatable bonds is 7. The maximum absolute atomic E-state index is 11.6. The van der Waals surface area contributed by atoms with E-state index in [1.165, 1.54) is 0 Å². The zero-order valence-electron chi connectivity index (χ0n) is 11.6. The van der Waals surface area contributed by atoms with Crippen LogP contribution in [0.1, 0.15) is 25.3 Å². The Morgan fingerprint density at radius 1 is 1.30 bits per heavy atom. The van der Waals surface area contributed by atoms with Crippen molar-refractivity contribution < 1.29 is 14.3 Å². The van der Waals surface area contributed by atoms with Crippen LogP contribution >= 0.6 is 0 Å². The van der Waals surface area contributed by atoms with Crippen LogP contribution in [0, 0.1) is 0 Å². The summed E-state index contributed by atoms with van der Waals surface area (Å²) in [5, 5.41) is 2.79. The van der Waals surface area contributed by atoms with Crippen molar-refractivity contribution in [1.82, 2.24) is 5.32 Å². The van der Waals surface area contributed by atoms with Crippen molar-refractivity contribution >= 4 is 17.6 Å². The second-order valence-electron chi connectivity index (χ2n) is 4.54. The van der Waals surface area contributed by atoms with Gasteiger partial charge in [-0.25, -0.2) is 4.79 Å². The molecule has 0 atom stereocenters. The van der Waals surface area contributed by atoms with Crippen molar-refractivity contribution in [2.45, 2.75) is 26.3 Å². The Kier molecular flexibility index (Phi) is 6.29. The molecule has 108 valence electrons. The second kappa shape index (κ2) is 7.99. The average molecular weight is 276 g/mol. The Morgan fingerprint density at radius 3 is 2.55 bits per heavy atom. The molecule has 1 amide bonds. The maximum atomic E-state index is 11.6. The quantitative estimate of drug-likeness (QED) is 0.344. The fourth-order valence-electron chi connectivity index (χ4n) is 1.45. The maximum Gasteiger partial charge on any atom is 0.333 e. The van der Waals surface area contributed by atoms with Crippen LogP contribution in [0.15, 0.2) is 36.4 Å². The smallest absolute Gasteiger partial charge is 0.333 e. The number of carbonyl (C=O) groups is 2. The van der Waals surface area contributed by atoms with Crippen molar-refractivity contribution in [2.24, 2.45) is 0 Å². The summed E-state index contributed by atoms with van der Waals surface area (Å²) in [6.07, 6.45) is 0.811. The number of nitrogens with two attached hydrogens (primary N) is 1. The zero-order chi connectivity index (χ0) is 15.0. The fraction of sp³-hybridized carbons (Fsp3) is 0.333. The molecule has 0 aromatic heterocycles. The number of nitrogen functional groups attached to an aromatic ring is 1. The molecule has 0 saturated heterocycles. The van der Waals surface area contributed by atoms with Gasteiger partial charge in [0.05, 0.1) is 6.61 Å². The van der Waals surface area contributed by atoms with Crippen LogP contribution in [0.3, 0.4) is 0 Å². The van der Waals surface area contributed by atoms with E-state index in [2.05, 4.69) is 11.9 Å².